The third kappa shape index (κ3) is 2.20. The molecule has 0 spiro atoms. The lowest BCUT2D eigenvalue weighted by Crippen LogP contribution is -2.13. The Bertz CT molecular complexity index is 320. The third-order valence-electron chi connectivity index (χ3n) is 3.30. The van der Waals surface area contributed by atoms with Crippen LogP contribution in [0, 0.1) is 0 Å². The lowest BCUT2D eigenvalue weighted by molar-refractivity contribution is 0.318. The molecule has 1 nitrogen and oxygen atoms in total. The second-order valence-electron chi connectivity index (χ2n) is 4.30. The Morgan fingerprint density at radius 2 is 2.07 bits per heavy atom. The lowest BCUT2D eigenvalue weighted by Gasteiger charge is -2.28. The molecule has 1 saturated carbocycles. The maximum absolute atomic E-state index is 13.8. The van der Waals surface area contributed by atoms with Crippen LogP contribution in [0.2, 0.25) is 0 Å². The van der Waals surface area contributed by atoms with E-state index >= 15 is 0 Å². The summed E-state index contributed by atoms with van der Waals surface area (Å²) < 4.78 is 13.8. The van der Waals surface area contributed by atoms with Gasteiger partial charge in [-0.2, -0.15) is 0 Å². The van der Waals surface area contributed by atoms with E-state index in [-0.39, 0.29) is 0 Å². The first kappa shape index (κ1) is 10.6. The zero-order chi connectivity index (χ0) is 10.7. The molecule has 2 N–H and O–H groups in total. The van der Waals surface area contributed by atoms with Gasteiger partial charge in [0.1, 0.15) is 6.17 Å². The average molecular weight is 207 g/mol. The van der Waals surface area contributed by atoms with Gasteiger partial charge in [0.15, 0.2) is 0 Å². The summed E-state index contributed by atoms with van der Waals surface area (Å²) in [4.78, 5) is 0. The van der Waals surface area contributed by atoms with Crippen LogP contribution in [-0.4, -0.2) is 6.54 Å². The van der Waals surface area contributed by atoms with Crippen LogP contribution in [0.15, 0.2) is 24.3 Å². The number of hydrogen-bond donors (Lipinski definition) is 1. The van der Waals surface area contributed by atoms with E-state index in [4.69, 9.17) is 5.73 Å². The van der Waals surface area contributed by atoms with Gasteiger partial charge in [0.05, 0.1) is 0 Å². The van der Waals surface area contributed by atoms with Crippen molar-refractivity contribution in [1.29, 1.82) is 0 Å². The molecule has 0 aromatic heterocycles. The molecule has 0 bridgehead atoms. The fourth-order valence-corrected chi connectivity index (χ4v) is 2.19. The molecule has 1 aliphatic rings. The average Bonchev–Trinajstić information content (AvgIpc) is 2.16. The maximum Gasteiger partial charge on any atom is 0.127 e. The first-order valence-corrected chi connectivity index (χ1v) is 5.76. The van der Waals surface area contributed by atoms with Crippen molar-refractivity contribution >= 4 is 0 Å². The Balaban J connectivity index is 2.20. The Morgan fingerprint density at radius 3 is 2.67 bits per heavy atom. The molecule has 15 heavy (non-hydrogen) atoms. The summed E-state index contributed by atoms with van der Waals surface area (Å²) in [5, 5.41) is 0. The molecule has 1 aromatic carbocycles. The van der Waals surface area contributed by atoms with E-state index in [2.05, 4.69) is 6.07 Å². The number of alkyl halides is 1. The lowest BCUT2D eigenvalue weighted by atomic mass is 9.77. The fourth-order valence-electron chi connectivity index (χ4n) is 2.19. The molecule has 0 saturated heterocycles. The van der Waals surface area contributed by atoms with Crippen molar-refractivity contribution < 1.29 is 4.39 Å². The predicted molar refractivity (Wildman–Crippen MR) is 60.6 cm³/mol. The molecular weight excluding hydrogens is 189 g/mol. The normalized spacial score (nSPS) is 18.5. The first-order chi connectivity index (χ1) is 7.33. The third-order valence-corrected chi connectivity index (χ3v) is 3.30. The summed E-state index contributed by atoms with van der Waals surface area (Å²) in [5.41, 5.74) is 7.48. The number of halogens is 1. The van der Waals surface area contributed by atoms with Gasteiger partial charge in [0.25, 0.3) is 0 Å². The Morgan fingerprint density at radius 1 is 1.33 bits per heavy atom. The van der Waals surface area contributed by atoms with E-state index in [1.807, 2.05) is 18.2 Å². The summed E-state index contributed by atoms with van der Waals surface area (Å²) in [6.07, 6.45) is 3.27. The van der Waals surface area contributed by atoms with Gasteiger partial charge >= 0.3 is 0 Å². The summed E-state index contributed by atoms with van der Waals surface area (Å²) in [6, 6.07) is 7.91. The molecule has 1 atom stereocenters. The van der Waals surface area contributed by atoms with Gasteiger partial charge in [-0.05, 0) is 42.9 Å². The Hall–Kier alpha value is -0.890. The molecule has 1 unspecified atom stereocenters. The van der Waals surface area contributed by atoms with Crippen LogP contribution in [0.1, 0.15) is 48.9 Å². The van der Waals surface area contributed by atoms with Gasteiger partial charge in [-0.15, -0.1) is 0 Å². The monoisotopic (exact) mass is 207 g/mol. The predicted octanol–water partition coefficient (Wildman–Crippen LogP) is 3.31. The largest absolute Gasteiger partial charge is 0.330 e. The van der Waals surface area contributed by atoms with Crippen LogP contribution in [0.3, 0.4) is 0 Å². The van der Waals surface area contributed by atoms with E-state index in [1.54, 1.807) is 0 Å². The van der Waals surface area contributed by atoms with Crippen LogP contribution in [-0.2, 0) is 0 Å². The van der Waals surface area contributed by atoms with Crippen LogP contribution in [0.4, 0.5) is 4.39 Å². The van der Waals surface area contributed by atoms with Gasteiger partial charge in [-0.3, -0.25) is 0 Å². The van der Waals surface area contributed by atoms with Crippen molar-refractivity contribution in [3.05, 3.63) is 35.4 Å². The van der Waals surface area contributed by atoms with E-state index in [9.17, 15) is 4.39 Å². The van der Waals surface area contributed by atoms with E-state index in [1.165, 1.54) is 24.8 Å². The molecule has 1 aliphatic carbocycles. The minimum Gasteiger partial charge on any atom is -0.330 e. The minimum atomic E-state index is -0.883. The summed E-state index contributed by atoms with van der Waals surface area (Å²) in [7, 11) is 0. The van der Waals surface area contributed by atoms with Crippen LogP contribution in [0.5, 0.6) is 0 Å². The highest BCUT2D eigenvalue weighted by atomic mass is 19.1. The van der Waals surface area contributed by atoms with Crippen molar-refractivity contribution in [2.75, 3.05) is 6.54 Å². The molecule has 2 rings (SSSR count). The zero-order valence-electron chi connectivity index (χ0n) is 8.95. The highest BCUT2D eigenvalue weighted by Gasteiger charge is 2.24. The van der Waals surface area contributed by atoms with Gasteiger partial charge in [-0.1, -0.05) is 30.7 Å². The smallest absolute Gasteiger partial charge is 0.127 e. The van der Waals surface area contributed by atoms with Crippen molar-refractivity contribution in [3.63, 3.8) is 0 Å². The van der Waals surface area contributed by atoms with E-state index < -0.39 is 6.17 Å². The molecular formula is C13H18FN. The number of nitrogens with two attached hydrogens (primary N) is 1. The van der Waals surface area contributed by atoms with Crippen molar-refractivity contribution in [2.24, 2.45) is 5.73 Å². The Kier molecular flexibility index (Phi) is 3.37. The summed E-state index contributed by atoms with van der Waals surface area (Å²) >= 11 is 0. The van der Waals surface area contributed by atoms with E-state index in [0.717, 1.165) is 5.56 Å². The molecule has 0 heterocycles. The Labute approximate surface area is 90.5 Å². The van der Waals surface area contributed by atoms with Crippen molar-refractivity contribution in [3.8, 4) is 0 Å². The molecule has 0 amide bonds. The van der Waals surface area contributed by atoms with Gasteiger partial charge in [-0.25, -0.2) is 4.39 Å². The molecule has 82 valence electrons. The van der Waals surface area contributed by atoms with Gasteiger partial charge in [0, 0.05) is 0 Å². The molecule has 1 aromatic rings. The quantitative estimate of drug-likeness (QED) is 0.805. The maximum atomic E-state index is 13.8. The highest BCUT2D eigenvalue weighted by molar-refractivity contribution is 5.33. The second-order valence-corrected chi connectivity index (χ2v) is 4.30. The fraction of sp³-hybridized carbons (Fsp3) is 0.538. The van der Waals surface area contributed by atoms with Gasteiger partial charge in [0.2, 0.25) is 0 Å². The number of benzene rings is 1. The number of hydrogen-bond acceptors (Lipinski definition) is 1. The SMILES string of the molecule is NCCC(F)c1ccccc1C1CCC1. The summed E-state index contributed by atoms with van der Waals surface area (Å²) in [6.45, 7) is 0.417. The second kappa shape index (κ2) is 4.75. The van der Waals surface area contributed by atoms with Crippen LogP contribution < -0.4 is 5.73 Å². The zero-order valence-corrected chi connectivity index (χ0v) is 8.95. The molecule has 0 radical (unpaired) electrons. The minimum absolute atomic E-state index is 0.417. The standard InChI is InChI=1S/C13H18FN/c14-13(8-9-15)12-7-2-1-6-11(12)10-4-3-5-10/h1-2,6-7,10,13H,3-5,8-9,15H2. The topological polar surface area (TPSA) is 26.0 Å². The highest BCUT2D eigenvalue weighted by Crippen LogP contribution is 2.40. The van der Waals surface area contributed by atoms with Crippen LogP contribution >= 0.6 is 0 Å². The summed E-state index contributed by atoms with van der Waals surface area (Å²) in [5.74, 6) is 0.595. The molecule has 2 heteroatoms. The molecule has 1 fully saturated rings. The van der Waals surface area contributed by atoms with Crippen LogP contribution in [0.25, 0.3) is 0 Å². The first-order valence-electron chi connectivity index (χ1n) is 5.76. The van der Waals surface area contributed by atoms with E-state index in [0.29, 0.717) is 18.9 Å². The number of rotatable bonds is 4. The van der Waals surface area contributed by atoms with Crippen molar-refractivity contribution in [1.82, 2.24) is 0 Å². The van der Waals surface area contributed by atoms with Crippen molar-refractivity contribution in [2.45, 2.75) is 37.8 Å². The van der Waals surface area contributed by atoms with Gasteiger partial charge < -0.3 is 5.73 Å². The molecule has 0 aliphatic heterocycles.